The van der Waals surface area contributed by atoms with E-state index in [9.17, 15) is 8.42 Å². The van der Waals surface area contributed by atoms with Gasteiger partial charge in [0.2, 0.25) is 10.0 Å². The second-order valence-electron chi connectivity index (χ2n) is 6.08. The van der Waals surface area contributed by atoms with Gasteiger partial charge in [-0.1, -0.05) is 6.07 Å². The number of nitrogens with zero attached hydrogens (tertiary/aromatic N) is 2. The van der Waals surface area contributed by atoms with Gasteiger partial charge in [0.05, 0.1) is 4.90 Å². The van der Waals surface area contributed by atoms with Crippen LogP contribution in [0.5, 0.6) is 0 Å². The Morgan fingerprint density at radius 3 is 2.43 bits per heavy atom. The molecule has 0 spiro atoms. The molecule has 1 saturated heterocycles. The van der Waals surface area contributed by atoms with Crippen molar-refractivity contribution in [3.8, 4) is 0 Å². The van der Waals surface area contributed by atoms with Gasteiger partial charge in [0.25, 0.3) is 0 Å². The SMILES string of the molecule is Cc1ccc(S(=O)(=O)N2CCN(CC3CC3)CC2)c(Br)c1. The van der Waals surface area contributed by atoms with Crippen molar-refractivity contribution in [3.63, 3.8) is 0 Å². The third-order valence-electron chi connectivity index (χ3n) is 4.25. The fourth-order valence-electron chi connectivity index (χ4n) is 2.77. The highest BCUT2D eigenvalue weighted by Gasteiger charge is 2.32. The number of benzene rings is 1. The normalized spacial score (nSPS) is 21.6. The van der Waals surface area contributed by atoms with E-state index in [1.165, 1.54) is 12.8 Å². The third-order valence-corrected chi connectivity index (χ3v) is 7.13. The summed E-state index contributed by atoms with van der Waals surface area (Å²) >= 11 is 3.39. The Labute approximate surface area is 135 Å². The highest BCUT2D eigenvalue weighted by Crippen LogP contribution is 2.31. The second-order valence-corrected chi connectivity index (χ2v) is 8.84. The van der Waals surface area contributed by atoms with Gasteiger partial charge in [-0.2, -0.15) is 4.31 Å². The molecule has 0 N–H and O–H groups in total. The number of sulfonamides is 1. The van der Waals surface area contributed by atoms with Crippen LogP contribution in [-0.4, -0.2) is 50.3 Å². The Morgan fingerprint density at radius 2 is 1.86 bits per heavy atom. The van der Waals surface area contributed by atoms with Crippen LogP contribution in [0.2, 0.25) is 0 Å². The smallest absolute Gasteiger partial charge is 0.244 e. The van der Waals surface area contributed by atoms with Crippen molar-refractivity contribution in [2.75, 3.05) is 32.7 Å². The maximum absolute atomic E-state index is 12.7. The van der Waals surface area contributed by atoms with Gasteiger partial charge in [0.15, 0.2) is 0 Å². The maximum Gasteiger partial charge on any atom is 0.244 e. The zero-order valence-corrected chi connectivity index (χ0v) is 14.7. The van der Waals surface area contributed by atoms with Crippen LogP contribution in [0.3, 0.4) is 0 Å². The molecule has 0 bridgehead atoms. The Hall–Kier alpha value is -0.430. The van der Waals surface area contributed by atoms with E-state index in [2.05, 4.69) is 20.8 Å². The second kappa shape index (κ2) is 5.99. The summed E-state index contributed by atoms with van der Waals surface area (Å²) in [7, 11) is -3.39. The first-order chi connectivity index (χ1) is 9.96. The van der Waals surface area contributed by atoms with Crippen LogP contribution in [0, 0.1) is 12.8 Å². The third kappa shape index (κ3) is 3.50. The molecule has 0 atom stereocenters. The summed E-state index contributed by atoms with van der Waals surface area (Å²) in [6.07, 6.45) is 2.68. The van der Waals surface area contributed by atoms with Crippen molar-refractivity contribution < 1.29 is 8.42 Å². The molecule has 3 rings (SSSR count). The molecule has 1 heterocycles. The molecule has 2 fully saturated rings. The molecule has 116 valence electrons. The predicted molar refractivity (Wildman–Crippen MR) is 86.8 cm³/mol. The summed E-state index contributed by atoms with van der Waals surface area (Å²) in [5.74, 6) is 0.861. The molecule has 2 aliphatic rings. The van der Waals surface area contributed by atoms with E-state index in [0.717, 1.165) is 31.1 Å². The molecular formula is C15H21BrN2O2S. The topological polar surface area (TPSA) is 40.6 Å². The average Bonchev–Trinajstić information content (AvgIpc) is 3.23. The van der Waals surface area contributed by atoms with E-state index in [1.54, 1.807) is 10.4 Å². The molecule has 0 unspecified atom stereocenters. The van der Waals surface area contributed by atoms with Crippen molar-refractivity contribution in [1.29, 1.82) is 0 Å². The van der Waals surface area contributed by atoms with Gasteiger partial charge < -0.3 is 4.90 Å². The molecule has 21 heavy (non-hydrogen) atoms. The van der Waals surface area contributed by atoms with Crippen LogP contribution >= 0.6 is 15.9 Å². The van der Waals surface area contributed by atoms with Crippen LogP contribution in [-0.2, 0) is 10.0 Å². The van der Waals surface area contributed by atoms with Gasteiger partial charge >= 0.3 is 0 Å². The van der Waals surface area contributed by atoms with E-state index < -0.39 is 10.0 Å². The minimum Gasteiger partial charge on any atom is -0.300 e. The zero-order chi connectivity index (χ0) is 15.0. The van der Waals surface area contributed by atoms with Gasteiger partial charge in [-0.3, -0.25) is 0 Å². The van der Waals surface area contributed by atoms with Crippen molar-refractivity contribution in [3.05, 3.63) is 28.2 Å². The highest BCUT2D eigenvalue weighted by molar-refractivity contribution is 9.10. The summed E-state index contributed by atoms with van der Waals surface area (Å²) in [4.78, 5) is 2.78. The van der Waals surface area contributed by atoms with E-state index in [-0.39, 0.29) is 0 Å². The molecule has 6 heteroatoms. The minimum absolute atomic E-state index is 0.378. The molecule has 0 radical (unpaired) electrons. The van der Waals surface area contributed by atoms with Gasteiger partial charge in [0.1, 0.15) is 0 Å². The summed E-state index contributed by atoms with van der Waals surface area (Å²) in [5, 5.41) is 0. The lowest BCUT2D eigenvalue weighted by Crippen LogP contribution is -2.49. The van der Waals surface area contributed by atoms with E-state index in [1.807, 2.05) is 19.1 Å². The van der Waals surface area contributed by atoms with Gasteiger partial charge in [-0.25, -0.2) is 8.42 Å². The van der Waals surface area contributed by atoms with Crippen LogP contribution in [0.15, 0.2) is 27.6 Å². The van der Waals surface area contributed by atoms with Gasteiger partial charge in [-0.15, -0.1) is 0 Å². The van der Waals surface area contributed by atoms with E-state index in [4.69, 9.17) is 0 Å². The Kier molecular flexibility index (Phi) is 4.41. The number of rotatable bonds is 4. The molecule has 4 nitrogen and oxygen atoms in total. The summed E-state index contributed by atoms with van der Waals surface area (Å²) in [5.41, 5.74) is 1.05. The molecule has 1 aromatic rings. The van der Waals surface area contributed by atoms with Crippen molar-refractivity contribution in [2.45, 2.75) is 24.7 Å². The summed E-state index contributed by atoms with van der Waals surface area (Å²) < 4.78 is 27.7. The van der Waals surface area contributed by atoms with Crippen LogP contribution < -0.4 is 0 Å². The standard InChI is InChI=1S/C15H21BrN2O2S/c1-12-2-5-15(14(16)10-12)21(19,20)18-8-6-17(7-9-18)11-13-3-4-13/h2,5,10,13H,3-4,6-9,11H2,1H3. The quantitative estimate of drug-likeness (QED) is 0.814. The predicted octanol–water partition coefficient (Wildman–Crippen LogP) is 2.47. The Bertz CT molecular complexity index is 621. The summed E-state index contributed by atoms with van der Waals surface area (Å²) in [6, 6.07) is 5.41. The first-order valence-electron chi connectivity index (χ1n) is 7.45. The fraction of sp³-hybridized carbons (Fsp3) is 0.600. The van der Waals surface area contributed by atoms with Crippen LogP contribution in [0.1, 0.15) is 18.4 Å². The number of aryl methyl sites for hydroxylation is 1. The monoisotopic (exact) mass is 372 g/mol. The van der Waals surface area contributed by atoms with Gasteiger partial charge in [-0.05, 0) is 59.3 Å². The first kappa shape index (κ1) is 15.5. The zero-order valence-electron chi connectivity index (χ0n) is 12.3. The molecule has 1 aromatic carbocycles. The first-order valence-corrected chi connectivity index (χ1v) is 9.69. The fourth-order valence-corrected chi connectivity index (χ4v) is 5.35. The molecule has 1 aliphatic heterocycles. The molecule has 1 aliphatic carbocycles. The number of piperazine rings is 1. The molecule has 0 amide bonds. The lowest BCUT2D eigenvalue weighted by atomic mass is 10.2. The van der Waals surface area contributed by atoms with Crippen molar-refractivity contribution in [1.82, 2.24) is 9.21 Å². The lowest BCUT2D eigenvalue weighted by molar-refractivity contribution is 0.182. The lowest BCUT2D eigenvalue weighted by Gasteiger charge is -2.34. The molecule has 0 aromatic heterocycles. The minimum atomic E-state index is -3.39. The van der Waals surface area contributed by atoms with Crippen molar-refractivity contribution >= 4 is 26.0 Å². The number of hydrogen-bond donors (Lipinski definition) is 0. The van der Waals surface area contributed by atoms with E-state index in [0.29, 0.717) is 22.5 Å². The molecular weight excluding hydrogens is 352 g/mol. The van der Waals surface area contributed by atoms with E-state index >= 15 is 0 Å². The molecule has 1 saturated carbocycles. The Morgan fingerprint density at radius 1 is 1.19 bits per heavy atom. The van der Waals surface area contributed by atoms with Crippen LogP contribution in [0.4, 0.5) is 0 Å². The highest BCUT2D eigenvalue weighted by atomic mass is 79.9. The largest absolute Gasteiger partial charge is 0.300 e. The Balaban J connectivity index is 1.70. The maximum atomic E-state index is 12.7. The van der Waals surface area contributed by atoms with Crippen LogP contribution in [0.25, 0.3) is 0 Å². The average molecular weight is 373 g/mol. The number of hydrogen-bond acceptors (Lipinski definition) is 3. The number of halogens is 1. The van der Waals surface area contributed by atoms with Crippen molar-refractivity contribution in [2.24, 2.45) is 5.92 Å². The summed E-state index contributed by atoms with van der Waals surface area (Å²) in [6.45, 7) is 5.98. The van der Waals surface area contributed by atoms with Gasteiger partial charge in [0, 0.05) is 37.2 Å².